The van der Waals surface area contributed by atoms with E-state index in [1.807, 2.05) is 0 Å². The van der Waals surface area contributed by atoms with Crippen LogP contribution in [0.5, 0.6) is 0 Å². The highest BCUT2D eigenvalue weighted by Gasteiger charge is 2.22. The van der Waals surface area contributed by atoms with Gasteiger partial charge < -0.3 is 5.32 Å². The van der Waals surface area contributed by atoms with Crippen LogP contribution in [0.1, 0.15) is 77.0 Å². The van der Waals surface area contributed by atoms with Crippen molar-refractivity contribution in [3.63, 3.8) is 0 Å². The third-order valence-corrected chi connectivity index (χ3v) is 5.30. The van der Waals surface area contributed by atoms with Gasteiger partial charge >= 0.3 is 0 Å². The van der Waals surface area contributed by atoms with E-state index in [0.717, 1.165) is 23.7 Å². The molecule has 1 N–H and O–H groups in total. The summed E-state index contributed by atoms with van der Waals surface area (Å²) in [4.78, 5) is 35.7. The fourth-order valence-corrected chi connectivity index (χ4v) is 3.77. The minimum Gasteiger partial charge on any atom is -0.354 e. The van der Waals surface area contributed by atoms with Crippen molar-refractivity contribution in [3.8, 4) is 0 Å². The second-order valence-electron chi connectivity index (χ2n) is 7.32. The molecule has 0 aromatic rings. The van der Waals surface area contributed by atoms with Gasteiger partial charge in [-0.15, -0.1) is 0 Å². The lowest BCUT2D eigenvalue weighted by molar-refractivity contribution is -0.137. The highest BCUT2D eigenvalue weighted by Crippen LogP contribution is 2.26. The number of hydrogen-bond donors (Lipinski definition) is 1. The van der Waals surface area contributed by atoms with Crippen LogP contribution in [0.3, 0.4) is 0 Å². The Bertz CT molecular complexity index is 461. The standard InChI is InChI=1S/C20H32N2O3/c23-18(21-15-16-22-19(24)13-14-20(22)25)12-8-4-7-11-17-9-5-2-1-3-6-10-17/h13-14,17H,1-12,15-16H2,(H,21,23). The number of nitrogens with one attached hydrogen (secondary N) is 1. The predicted octanol–water partition coefficient (Wildman–Crippen LogP) is 3.34. The molecule has 1 fully saturated rings. The van der Waals surface area contributed by atoms with E-state index in [9.17, 15) is 14.4 Å². The van der Waals surface area contributed by atoms with Gasteiger partial charge in [0.25, 0.3) is 11.8 Å². The van der Waals surface area contributed by atoms with Crippen molar-refractivity contribution >= 4 is 17.7 Å². The van der Waals surface area contributed by atoms with Crippen LogP contribution in [0.15, 0.2) is 12.2 Å². The largest absolute Gasteiger partial charge is 0.354 e. The Morgan fingerprint density at radius 1 is 0.960 bits per heavy atom. The number of carbonyl (C=O) groups is 3. The number of hydrogen-bond acceptors (Lipinski definition) is 3. The van der Waals surface area contributed by atoms with Crippen molar-refractivity contribution in [2.75, 3.05) is 13.1 Å². The molecule has 2 rings (SSSR count). The number of rotatable bonds is 9. The van der Waals surface area contributed by atoms with E-state index >= 15 is 0 Å². The summed E-state index contributed by atoms with van der Waals surface area (Å²) in [5.74, 6) is 0.318. The maximum atomic E-state index is 11.8. The zero-order valence-electron chi connectivity index (χ0n) is 15.3. The molecule has 0 saturated heterocycles. The molecule has 0 radical (unpaired) electrons. The van der Waals surface area contributed by atoms with Gasteiger partial charge in [0.05, 0.1) is 0 Å². The lowest BCUT2D eigenvalue weighted by Crippen LogP contribution is -2.38. The van der Waals surface area contributed by atoms with Gasteiger partial charge in [0, 0.05) is 31.7 Å². The van der Waals surface area contributed by atoms with E-state index in [1.165, 1.54) is 69.9 Å². The fourth-order valence-electron chi connectivity index (χ4n) is 3.77. The summed E-state index contributed by atoms with van der Waals surface area (Å²) in [6.07, 6.45) is 17.4. The molecule has 1 saturated carbocycles. The molecule has 25 heavy (non-hydrogen) atoms. The third kappa shape index (κ3) is 7.41. The molecule has 1 aliphatic carbocycles. The van der Waals surface area contributed by atoms with Crippen molar-refractivity contribution in [3.05, 3.63) is 12.2 Å². The fraction of sp³-hybridized carbons (Fsp3) is 0.750. The molecule has 0 aromatic heterocycles. The van der Waals surface area contributed by atoms with E-state index in [4.69, 9.17) is 0 Å². The quantitative estimate of drug-likeness (QED) is 0.513. The molecule has 0 bridgehead atoms. The Kier molecular flexibility index (Phi) is 8.70. The average molecular weight is 348 g/mol. The minimum atomic E-state index is -0.298. The second-order valence-corrected chi connectivity index (χ2v) is 7.32. The average Bonchev–Trinajstić information content (AvgIpc) is 2.88. The van der Waals surface area contributed by atoms with Crippen LogP contribution in [-0.2, 0) is 14.4 Å². The SMILES string of the molecule is O=C(CCCCCC1CCCCCCC1)NCCN1C(=O)C=CC1=O. The summed E-state index contributed by atoms with van der Waals surface area (Å²) in [6, 6.07) is 0. The lowest BCUT2D eigenvalue weighted by atomic mass is 9.87. The maximum Gasteiger partial charge on any atom is 0.253 e. The molecule has 1 heterocycles. The summed E-state index contributed by atoms with van der Waals surface area (Å²) in [6.45, 7) is 0.582. The van der Waals surface area contributed by atoms with Crippen molar-refractivity contribution < 1.29 is 14.4 Å². The highest BCUT2D eigenvalue weighted by molar-refractivity contribution is 6.12. The molecule has 3 amide bonds. The van der Waals surface area contributed by atoms with Crippen LogP contribution < -0.4 is 5.32 Å². The number of nitrogens with zero attached hydrogens (tertiary/aromatic N) is 1. The molecule has 2 aliphatic rings. The van der Waals surface area contributed by atoms with Crippen LogP contribution in [0.2, 0.25) is 0 Å². The van der Waals surface area contributed by atoms with Gasteiger partial charge in [-0.05, 0) is 12.3 Å². The zero-order chi connectivity index (χ0) is 17.9. The van der Waals surface area contributed by atoms with Gasteiger partial charge in [0.2, 0.25) is 5.91 Å². The van der Waals surface area contributed by atoms with E-state index < -0.39 is 0 Å². The molecule has 0 spiro atoms. The first-order chi connectivity index (χ1) is 12.2. The summed E-state index contributed by atoms with van der Waals surface area (Å²) >= 11 is 0. The van der Waals surface area contributed by atoms with Gasteiger partial charge in [0.1, 0.15) is 0 Å². The van der Waals surface area contributed by atoms with E-state index in [2.05, 4.69) is 5.32 Å². The van der Waals surface area contributed by atoms with Gasteiger partial charge in [-0.2, -0.15) is 0 Å². The Labute approximate surface area is 151 Å². The first kappa shape index (κ1) is 19.7. The third-order valence-electron chi connectivity index (χ3n) is 5.30. The van der Waals surface area contributed by atoms with Crippen LogP contribution >= 0.6 is 0 Å². The molecule has 0 aromatic carbocycles. The smallest absolute Gasteiger partial charge is 0.253 e. The van der Waals surface area contributed by atoms with Gasteiger partial charge in [0.15, 0.2) is 0 Å². The van der Waals surface area contributed by atoms with E-state index in [1.54, 1.807) is 0 Å². The van der Waals surface area contributed by atoms with Crippen molar-refractivity contribution in [1.29, 1.82) is 0 Å². The van der Waals surface area contributed by atoms with Crippen molar-refractivity contribution in [2.45, 2.75) is 77.0 Å². The summed E-state index contributed by atoms with van der Waals surface area (Å²) in [5, 5.41) is 2.79. The lowest BCUT2D eigenvalue weighted by Gasteiger charge is -2.19. The Morgan fingerprint density at radius 2 is 1.60 bits per heavy atom. The Hall–Kier alpha value is -1.65. The van der Waals surface area contributed by atoms with Gasteiger partial charge in [-0.1, -0.05) is 64.2 Å². The molecule has 0 unspecified atom stereocenters. The van der Waals surface area contributed by atoms with Gasteiger partial charge in [-0.25, -0.2) is 0 Å². The van der Waals surface area contributed by atoms with Crippen LogP contribution in [-0.4, -0.2) is 35.7 Å². The maximum absolute atomic E-state index is 11.8. The topological polar surface area (TPSA) is 66.5 Å². The first-order valence-corrected chi connectivity index (χ1v) is 9.97. The van der Waals surface area contributed by atoms with Crippen LogP contribution in [0.25, 0.3) is 0 Å². The number of imide groups is 1. The summed E-state index contributed by atoms with van der Waals surface area (Å²) in [5.41, 5.74) is 0. The second kappa shape index (κ2) is 11.1. The summed E-state index contributed by atoms with van der Waals surface area (Å²) < 4.78 is 0. The molecular weight excluding hydrogens is 316 g/mol. The number of unbranched alkanes of at least 4 members (excludes halogenated alkanes) is 2. The Balaban J connectivity index is 1.46. The minimum absolute atomic E-state index is 0.0120. The zero-order valence-corrected chi connectivity index (χ0v) is 15.3. The number of carbonyl (C=O) groups excluding carboxylic acids is 3. The predicted molar refractivity (Wildman–Crippen MR) is 97.8 cm³/mol. The molecule has 140 valence electrons. The monoisotopic (exact) mass is 348 g/mol. The van der Waals surface area contributed by atoms with Gasteiger partial charge in [-0.3, -0.25) is 19.3 Å². The molecule has 1 aliphatic heterocycles. The van der Waals surface area contributed by atoms with Crippen molar-refractivity contribution in [2.24, 2.45) is 5.92 Å². The van der Waals surface area contributed by atoms with Crippen LogP contribution in [0, 0.1) is 5.92 Å². The van der Waals surface area contributed by atoms with E-state index in [-0.39, 0.29) is 24.3 Å². The molecule has 0 atom stereocenters. The van der Waals surface area contributed by atoms with Crippen LogP contribution in [0.4, 0.5) is 0 Å². The highest BCUT2D eigenvalue weighted by atomic mass is 16.2. The molecule has 5 heteroatoms. The molecule has 5 nitrogen and oxygen atoms in total. The van der Waals surface area contributed by atoms with Crippen molar-refractivity contribution in [1.82, 2.24) is 10.2 Å². The molecular formula is C20H32N2O3. The summed E-state index contributed by atoms with van der Waals surface area (Å²) in [7, 11) is 0. The normalized spacial score (nSPS) is 19.1. The number of amides is 3. The van der Waals surface area contributed by atoms with E-state index in [0.29, 0.717) is 13.0 Å². The first-order valence-electron chi connectivity index (χ1n) is 9.97. The Morgan fingerprint density at radius 3 is 2.28 bits per heavy atom.